The summed E-state index contributed by atoms with van der Waals surface area (Å²) < 4.78 is 31.9. The number of benzene rings is 2. The lowest BCUT2D eigenvalue weighted by atomic mass is 10.1. The normalized spacial score (nSPS) is 10.6. The first kappa shape index (κ1) is 20.8. The molecule has 1 N–H and O–H groups in total. The number of carbonyl (C=O) groups is 1. The summed E-state index contributed by atoms with van der Waals surface area (Å²) in [5, 5.41) is 10.4. The average molecular weight is 416 g/mol. The molecule has 3 rings (SSSR count). The number of methoxy groups -OCH3 is 4. The number of carbonyl (C=O) groups excluding carboxylic acids is 1. The van der Waals surface area contributed by atoms with Crippen LogP contribution in [-0.2, 0) is 4.79 Å². The Hall–Kier alpha value is -3.88. The zero-order chi connectivity index (χ0) is 22.0. The predicted molar refractivity (Wildman–Crippen MR) is 107 cm³/mol. The van der Waals surface area contributed by atoms with Gasteiger partial charge in [0.2, 0.25) is 16.9 Å². The van der Waals surface area contributed by atoms with Crippen molar-refractivity contribution >= 4 is 16.9 Å². The van der Waals surface area contributed by atoms with Gasteiger partial charge in [0.15, 0.2) is 28.8 Å². The molecule has 0 saturated carbocycles. The second-order valence-electron chi connectivity index (χ2n) is 6.09. The van der Waals surface area contributed by atoms with Gasteiger partial charge in [-0.25, -0.2) is 0 Å². The van der Waals surface area contributed by atoms with E-state index in [0.717, 1.165) is 0 Å². The summed E-state index contributed by atoms with van der Waals surface area (Å²) in [7, 11) is 5.46. The van der Waals surface area contributed by atoms with E-state index >= 15 is 0 Å². The van der Waals surface area contributed by atoms with Crippen LogP contribution in [-0.4, -0.2) is 39.5 Å². The summed E-state index contributed by atoms with van der Waals surface area (Å²) in [6, 6.07) is 6.05. The number of ether oxygens (including phenoxy) is 5. The smallest absolute Gasteiger partial charge is 0.308 e. The molecule has 0 aliphatic rings. The molecule has 9 nitrogen and oxygen atoms in total. The van der Waals surface area contributed by atoms with Crippen LogP contribution in [0.5, 0.6) is 34.5 Å². The number of phenols is 1. The highest BCUT2D eigenvalue weighted by molar-refractivity contribution is 5.91. The van der Waals surface area contributed by atoms with Gasteiger partial charge in [0.05, 0.1) is 28.4 Å². The molecule has 0 fully saturated rings. The van der Waals surface area contributed by atoms with Gasteiger partial charge in [-0.15, -0.1) is 0 Å². The van der Waals surface area contributed by atoms with Gasteiger partial charge >= 0.3 is 5.97 Å². The highest BCUT2D eigenvalue weighted by Crippen LogP contribution is 2.44. The monoisotopic (exact) mass is 416 g/mol. The standard InChI is InChI=1S/C21H20O9/c1-10(22)29-12-7-6-11(8-13(12)25-2)19-21(28-5)18(24)16-14(30-19)9-15(26-3)20(27-4)17(16)23/h6-9,23H,1-5H3. The molecule has 0 unspecified atom stereocenters. The van der Waals surface area contributed by atoms with Gasteiger partial charge in [0.1, 0.15) is 11.0 Å². The Morgan fingerprint density at radius 1 is 0.900 bits per heavy atom. The van der Waals surface area contributed by atoms with Crippen molar-refractivity contribution in [3.63, 3.8) is 0 Å². The summed E-state index contributed by atoms with van der Waals surface area (Å²) >= 11 is 0. The number of esters is 1. The van der Waals surface area contributed by atoms with E-state index in [0.29, 0.717) is 5.56 Å². The van der Waals surface area contributed by atoms with Crippen LogP contribution in [0, 0.1) is 0 Å². The quantitative estimate of drug-likeness (QED) is 0.478. The van der Waals surface area contributed by atoms with Crippen molar-refractivity contribution in [3.8, 4) is 45.8 Å². The van der Waals surface area contributed by atoms with E-state index in [1.807, 2.05) is 0 Å². The van der Waals surface area contributed by atoms with Crippen LogP contribution < -0.4 is 29.1 Å². The minimum Gasteiger partial charge on any atom is -0.504 e. The zero-order valence-corrected chi connectivity index (χ0v) is 17.0. The van der Waals surface area contributed by atoms with Gasteiger partial charge in [0, 0.05) is 18.6 Å². The van der Waals surface area contributed by atoms with Gasteiger partial charge in [0.25, 0.3) is 0 Å². The molecule has 158 valence electrons. The first-order valence-electron chi connectivity index (χ1n) is 8.71. The average Bonchev–Trinajstić information content (AvgIpc) is 2.72. The Morgan fingerprint density at radius 3 is 2.13 bits per heavy atom. The molecule has 9 heteroatoms. The van der Waals surface area contributed by atoms with Crippen LogP contribution >= 0.6 is 0 Å². The van der Waals surface area contributed by atoms with Crippen molar-refractivity contribution in [1.82, 2.24) is 0 Å². The molecule has 1 aromatic heterocycles. The lowest BCUT2D eigenvalue weighted by Gasteiger charge is -2.14. The summed E-state index contributed by atoms with van der Waals surface area (Å²) in [6.45, 7) is 1.27. The summed E-state index contributed by atoms with van der Waals surface area (Å²) in [6.07, 6.45) is 0. The third-order valence-corrected chi connectivity index (χ3v) is 4.34. The number of hydrogen-bond acceptors (Lipinski definition) is 9. The molecule has 0 aliphatic carbocycles. The lowest BCUT2D eigenvalue weighted by Crippen LogP contribution is -2.09. The summed E-state index contributed by atoms with van der Waals surface area (Å²) in [4.78, 5) is 24.3. The molecule has 0 bridgehead atoms. The zero-order valence-electron chi connectivity index (χ0n) is 17.0. The van der Waals surface area contributed by atoms with Crippen molar-refractivity contribution in [1.29, 1.82) is 0 Å². The maximum Gasteiger partial charge on any atom is 0.308 e. The van der Waals surface area contributed by atoms with E-state index in [-0.39, 0.29) is 45.5 Å². The van der Waals surface area contributed by atoms with Crippen LogP contribution in [0.15, 0.2) is 33.5 Å². The number of rotatable bonds is 6. The van der Waals surface area contributed by atoms with Crippen LogP contribution in [0.25, 0.3) is 22.3 Å². The third kappa shape index (κ3) is 3.45. The molecule has 0 saturated heterocycles. The number of fused-ring (bicyclic) bond motifs is 1. The van der Waals surface area contributed by atoms with E-state index in [1.165, 1.54) is 53.6 Å². The number of aromatic hydroxyl groups is 1. The van der Waals surface area contributed by atoms with Crippen LogP contribution in [0.1, 0.15) is 6.92 Å². The Bertz CT molecular complexity index is 1180. The maximum absolute atomic E-state index is 13.1. The molecule has 30 heavy (non-hydrogen) atoms. The van der Waals surface area contributed by atoms with E-state index in [9.17, 15) is 14.7 Å². The Morgan fingerprint density at radius 2 is 1.57 bits per heavy atom. The van der Waals surface area contributed by atoms with Gasteiger partial charge in [-0.05, 0) is 18.2 Å². The fourth-order valence-electron chi connectivity index (χ4n) is 3.05. The Balaban J connectivity index is 2.31. The molecular formula is C21H20O9. The Labute approximate surface area is 171 Å². The van der Waals surface area contributed by atoms with Crippen molar-refractivity contribution in [2.24, 2.45) is 0 Å². The molecule has 0 atom stereocenters. The van der Waals surface area contributed by atoms with Crippen LogP contribution in [0.3, 0.4) is 0 Å². The number of phenolic OH excluding ortho intramolecular Hbond substituents is 1. The SMILES string of the molecule is COc1cc(-c2oc3cc(OC)c(OC)c(O)c3c(=O)c2OC)ccc1OC(C)=O. The van der Waals surface area contributed by atoms with Gasteiger partial charge < -0.3 is 33.2 Å². The molecule has 0 spiro atoms. The van der Waals surface area contributed by atoms with Crippen molar-refractivity contribution in [2.45, 2.75) is 6.92 Å². The van der Waals surface area contributed by atoms with Crippen LogP contribution in [0.4, 0.5) is 0 Å². The first-order chi connectivity index (χ1) is 14.4. The first-order valence-corrected chi connectivity index (χ1v) is 8.71. The highest BCUT2D eigenvalue weighted by atomic mass is 16.6. The third-order valence-electron chi connectivity index (χ3n) is 4.34. The number of hydrogen-bond donors (Lipinski definition) is 1. The molecule has 3 aromatic rings. The van der Waals surface area contributed by atoms with Crippen molar-refractivity contribution in [2.75, 3.05) is 28.4 Å². The van der Waals surface area contributed by atoms with E-state index in [4.69, 9.17) is 28.1 Å². The highest BCUT2D eigenvalue weighted by Gasteiger charge is 2.24. The van der Waals surface area contributed by atoms with Gasteiger partial charge in [-0.2, -0.15) is 0 Å². The molecule has 2 aromatic carbocycles. The predicted octanol–water partition coefficient (Wildman–Crippen LogP) is 3.13. The minimum absolute atomic E-state index is 0.000457. The largest absolute Gasteiger partial charge is 0.504 e. The molecule has 1 heterocycles. The van der Waals surface area contributed by atoms with E-state index in [2.05, 4.69) is 0 Å². The summed E-state index contributed by atoms with van der Waals surface area (Å²) in [5.41, 5.74) is -0.114. The molecule has 0 radical (unpaired) electrons. The summed E-state index contributed by atoms with van der Waals surface area (Å²) in [5.74, 6) is -0.325. The fraction of sp³-hybridized carbons (Fsp3) is 0.238. The van der Waals surface area contributed by atoms with Crippen molar-refractivity contribution in [3.05, 3.63) is 34.5 Å². The lowest BCUT2D eigenvalue weighted by molar-refractivity contribution is -0.132. The second kappa shape index (κ2) is 8.24. The Kier molecular flexibility index (Phi) is 5.72. The van der Waals surface area contributed by atoms with Gasteiger partial charge in [-0.1, -0.05) is 0 Å². The molecule has 0 amide bonds. The van der Waals surface area contributed by atoms with Gasteiger partial charge in [-0.3, -0.25) is 9.59 Å². The van der Waals surface area contributed by atoms with Crippen LogP contribution in [0.2, 0.25) is 0 Å². The maximum atomic E-state index is 13.1. The fourth-order valence-corrected chi connectivity index (χ4v) is 3.05. The van der Waals surface area contributed by atoms with E-state index < -0.39 is 17.1 Å². The molecular weight excluding hydrogens is 396 g/mol. The molecule has 0 aliphatic heterocycles. The van der Waals surface area contributed by atoms with Crippen molar-refractivity contribution < 1.29 is 38.0 Å². The second-order valence-corrected chi connectivity index (χ2v) is 6.09. The van der Waals surface area contributed by atoms with E-state index in [1.54, 1.807) is 6.07 Å². The topological polar surface area (TPSA) is 114 Å². The minimum atomic E-state index is -0.602.